The van der Waals surface area contributed by atoms with Crippen molar-refractivity contribution in [1.82, 2.24) is 5.32 Å². The van der Waals surface area contributed by atoms with Crippen LogP contribution in [0.4, 0.5) is 0 Å². The number of ether oxygens (including phenoxy) is 4. The molecule has 140 valence electrons. The maximum absolute atomic E-state index is 12.4. The van der Waals surface area contributed by atoms with Crippen LogP contribution in [0, 0.1) is 0 Å². The van der Waals surface area contributed by atoms with Gasteiger partial charge in [-0.25, -0.2) is 0 Å². The second-order valence-electron chi connectivity index (χ2n) is 6.12. The van der Waals surface area contributed by atoms with E-state index in [9.17, 15) is 4.79 Å². The molecule has 0 spiro atoms. The van der Waals surface area contributed by atoms with Gasteiger partial charge < -0.3 is 24.3 Å². The summed E-state index contributed by atoms with van der Waals surface area (Å²) in [7, 11) is 4.57. The van der Waals surface area contributed by atoms with Crippen LogP contribution in [-0.2, 0) is 4.74 Å². The van der Waals surface area contributed by atoms with E-state index in [-0.39, 0.29) is 5.91 Å². The van der Waals surface area contributed by atoms with Crippen molar-refractivity contribution in [1.29, 1.82) is 0 Å². The van der Waals surface area contributed by atoms with Crippen molar-refractivity contribution >= 4 is 5.91 Å². The second-order valence-corrected chi connectivity index (χ2v) is 6.12. The molecule has 0 aromatic heterocycles. The average Bonchev–Trinajstić information content (AvgIpc) is 2.66. The zero-order valence-electron chi connectivity index (χ0n) is 15.4. The number of nitrogens with one attached hydrogen (secondary N) is 1. The minimum atomic E-state index is -0.199. The molecule has 1 aliphatic rings. The molecule has 0 atom stereocenters. The fraction of sp³-hybridized carbons (Fsp3) is 0.632. The van der Waals surface area contributed by atoms with Gasteiger partial charge >= 0.3 is 0 Å². The summed E-state index contributed by atoms with van der Waals surface area (Å²) in [6, 6.07) is 3.37. The molecule has 0 saturated heterocycles. The molecule has 25 heavy (non-hydrogen) atoms. The summed E-state index contributed by atoms with van der Waals surface area (Å²) in [5, 5.41) is 2.90. The number of amides is 1. The molecule has 1 saturated carbocycles. The Hall–Kier alpha value is -1.95. The first-order valence-corrected chi connectivity index (χ1v) is 8.90. The van der Waals surface area contributed by atoms with Crippen molar-refractivity contribution in [3.05, 3.63) is 17.7 Å². The first-order valence-electron chi connectivity index (χ1n) is 8.90. The Morgan fingerprint density at radius 3 is 2.40 bits per heavy atom. The molecule has 1 aliphatic carbocycles. The Morgan fingerprint density at radius 2 is 1.76 bits per heavy atom. The van der Waals surface area contributed by atoms with Crippen LogP contribution in [0.15, 0.2) is 12.1 Å². The number of methoxy groups -OCH3 is 3. The van der Waals surface area contributed by atoms with Crippen LogP contribution >= 0.6 is 0 Å². The summed E-state index contributed by atoms with van der Waals surface area (Å²) in [6.45, 7) is 1.23. The van der Waals surface area contributed by atoms with Gasteiger partial charge in [-0.05, 0) is 31.4 Å². The Balaban J connectivity index is 1.83. The van der Waals surface area contributed by atoms with Crippen LogP contribution in [0.2, 0.25) is 0 Å². The predicted octanol–water partition coefficient (Wildman–Crippen LogP) is 3.18. The van der Waals surface area contributed by atoms with E-state index in [1.54, 1.807) is 19.2 Å². The Bertz CT molecular complexity index is 555. The van der Waals surface area contributed by atoms with E-state index < -0.39 is 0 Å². The predicted molar refractivity (Wildman–Crippen MR) is 95.9 cm³/mol. The van der Waals surface area contributed by atoms with E-state index >= 15 is 0 Å². The number of carbonyl (C=O) groups is 1. The van der Waals surface area contributed by atoms with Crippen molar-refractivity contribution in [3.63, 3.8) is 0 Å². The van der Waals surface area contributed by atoms with Crippen molar-refractivity contribution in [2.75, 3.05) is 34.5 Å². The Morgan fingerprint density at radius 1 is 1.04 bits per heavy atom. The lowest BCUT2D eigenvalue weighted by Gasteiger charge is -2.22. The second kappa shape index (κ2) is 10.1. The molecule has 1 aromatic rings. The number of hydrogen-bond acceptors (Lipinski definition) is 5. The molecule has 0 aliphatic heterocycles. The van der Waals surface area contributed by atoms with Crippen molar-refractivity contribution < 1.29 is 23.7 Å². The maximum Gasteiger partial charge on any atom is 0.255 e. The zero-order chi connectivity index (χ0) is 18.1. The fourth-order valence-electron chi connectivity index (χ4n) is 3.13. The molecule has 0 unspecified atom stereocenters. The number of carbonyl (C=O) groups excluding carboxylic acids is 1. The highest BCUT2D eigenvalue weighted by atomic mass is 16.5. The first-order chi connectivity index (χ1) is 12.2. The summed E-state index contributed by atoms with van der Waals surface area (Å²) < 4.78 is 21.8. The molecule has 0 radical (unpaired) electrons. The first kappa shape index (κ1) is 19.4. The van der Waals surface area contributed by atoms with Crippen LogP contribution in [0.1, 0.15) is 48.9 Å². The van der Waals surface area contributed by atoms with E-state index in [2.05, 4.69) is 5.32 Å². The lowest BCUT2D eigenvalue weighted by molar-refractivity contribution is 0.0273. The van der Waals surface area contributed by atoms with E-state index in [0.717, 1.165) is 19.3 Å². The largest absolute Gasteiger partial charge is 0.493 e. The standard InChI is InChI=1S/C19H29NO5/c1-22-16-11-10-15(17(23-2)18(16)24-3)19(21)20-12-7-13-25-14-8-5-4-6-9-14/h10-11,14H,4-9,12-13H2,1-3H3,(H,20,21). The zero-order valence-corrected chi connectivity index (χ0v) is 15.4. The van der Waals surface area contributed by atoms with Gasteiger partial charge in [-0.1, -0.05) is 19.3 Å². The fourth-order valence-corrected chi connectivity index (χ4v) is 3.13. The molecule has 1 amide bonds. The summed E-state index contributed by atoms with van der Waals surface area (Å²) >= 11 is 0. The van der Waals surface area contributed by atoms with Gasteiger partial charge in [-0.15, -0.1) is 0 Å². The molecule has 2 rings (SSSR count). The summed E-state index contributed by atoms with van der Waals surface area (Å²) in [5.41, 5.74) is 0.424. The third-order valence-corrected chi connectivity index (χ3v) is 4.46. The smallest absolute Gasteiger partial charge is 0.255 e. The highest BCUT2D eigenvalue weighted by Crippen LogP contribution is 2.39. The highest BCUT2D eigenvalue weighted by Gasteiger charge is 2.20. The minimum Gasteiger partial charge on any atom is -0.493 e. The van der Waals surface area contributed by atoms with E-state index in [0.29, 0.717) is 42.1 Å². The number of rotatable bonds is 9. The quantitative estimate of drug-likeness (QED) is 0.692. The van der Waals surface area contributed by atoms with Crippen LogP contribution in [0.25, 0.3) is 0 Å². The van der Waals surface area contributed by atoms with Gasteiger partial charge in [0.05, 0.1) is 33.0 Å². The van der Waals surface area contributed by atoms with Gasteiger partial charge in [0.2, 0.25) is 5.75 Å². The van der Waals surface area contributed by atoms with Crippen LogP contribution < -0.4 is 19.5 Å². The Labute approximate surface area is 149 Å². The molecule has 1 fully saturated rings. The number of benzene rings is 1. The molecule has 6 nitrogen and oxygen atoms in total. The minimum absolute atomic E-state index is 0.199. The molecule has 1 aromatic carbocycles. The molecular formula is C19H29NO5. The molecule has 1 N–H and O–H groups in total. The third-order valence-electron chi connectivity index (χ3n) is 4.46. The van der Waals surface area contributed by atoms with Gasteiger partial charge in [-0.3, -0.25) is 4.79 Å². The van der Waals surface area contributed by atoms with Gasteiger partial charge in [0, 0.05) is 13.2 Å². The van der Waals surface area contributed by atoms with Gasteiger partial charge in [0.1, 0.15) is 0 Å². The Kier molecular flexibility index (Phi) is 7.85. The highest BCUT2D eigenvalue weighted by molar-refractivity contribution is 5.98. The van der Waals surface area contributed by atoms with Gasteiger partial charge in [0.15, 0.2) is 11.5 Å². The maximum atomic E-state index is 12.4. The van der Waals surface area contributed by atoms with Crippen molar-refractivity contribution in [2.24, 2.45) is 0 Å². The van der Waals surface area contributed by atoms with Gasteiger partial charge in [0.25, 0.3) is 5.91 Å². The van der Waals surface area contributed by atoms with Crippen molar-refractivity contribution in [2.45, 2.75) is 44.6 Å². The number of hydrogen-bond donors (Lipinski definition) is 1. The molecule has 6 heteroatoms. The summed E-state index contributed by atoms with van der Waals surface area (Å²) in [5.74, 6) is 1.11. The van der Waals surface area contributed by atoms with Crippen LogP contribution in [0.3, 0.4) is 0 Å². The normalized spacial score (nSPS) is 14.8. The lowest BCUT2D eigenvalue weighted by Crippen LogP contribution is -2.26. The monoisotopic (exact) mass is 351 g/mol. The summed E-state index contributed by atoms with van der Waals surface area (Å²) in [6.07, 6.45) is 7.36. The van der Waals surface area contributed by atoms with E-state index in [1.807, 2.05) is 0 Å². The van der Waals surface area contributed by atoms with Gasteiger partial charge in [-0.2, -0.15) is 0 Å². The molecular weight excluding hydrogens is 322 g/mol. The summed E-state index contributed by atoms with van der Waals surface area (Å²) in [4.78, 5) is 12.4. The SMILES string of the molecule is COc1ccc(C(=O)NCCCOC2CCCCC2)c(OC)c1OC. The third kappa shape index (κ3) is 5.26. The molecule has 0 heterocycles. The van der Waals surface area contributed by atoms with Crippen LogP contribution in [-0.4, -0.2) is 46.5 Å². The van der Waals surface area contributed by atoms with Crippen LogP contribution in [0.5, 0.6) is 17.2 Å². The topological polar surface area (TPSA) is 66.0 Å². The lowest BCUT2D eigenvalue weighted by atomic mass is 9.98. The molecule has 0 bridgehead atoms. The average molecular weight is 351 g/mol. The van der Waals surface area contributed by atoms with E-state index in [4.69, 9.17) is 18.9 Å². The van der Waals surface area contributed by atoms with Crippen molar-refractivity contribution in [3.8, 4) is 17.2 Å². The van der Waals surface area contributed by atoms with E-state index in [1.165, 1.54) is 33.5 Å².